The van der Waals surface area contributed by atoms with Gasteiger partial charge in [-0.15, -0.1) is 0 Å². The number of rotatable bonds is 12. The predicted octanol–water partition coefficient (Wildman–Crippen LogP) is 5.84. The molecule has 178 valence electrons. The number of nitrogens with zero attached hydrogens (tertiary/aromatic N) is 2. The third-order valence-corrected chi connectivity index (χ3v) is 6.11. The summed E-state index contributed by atoms with van der Waals surface area (Å²) in [6.45, 7) is 2.92. The molecule has 4 rings (SSSR count). The van der Waals surface area contributed by atoms with Crippen molar-refractivity contribution in [3.8, 4) is 0 Å². The molecule has 0 aliphatic rings. The lowest BCUT2D eigenvalue weighted by atomic mass is 10.1. The third-order valence-electron chi connectivity index (χ3n) is 6.11. The number of carbonyl (C=O) groups is 1. The maximum atomic E-state index is 12.7. The molecule has 1 atom stereocenters. The summed E-state index contributed by atoms with van der Waals surface area (Å²) in [6, 6.07) is 40.1. The average Bonchev–Trinajstić information content (AvgIpc) is 2.89. The van der Waals surface area contributed by atoms with Gasteiger partial charge in [0.25, 0.3) is 0 Å². The van der Waals surface area contributed by atoms with Gasteiger partial charge in [-0.2, -0.15) is 0 Å². The lowest BCUT2D eigenvalue weighted by Crippen LogP contribution is -2.47. The topological polar surface area (TPSA) is 43.8 Å². The Labute approximate surface area is 208 Å². The molecule has 1 unspecified atom stereocenters. The lowest BCUT2D eigenvalue weighted by Gasteiger charge is -2.33. The number of hydrogen-bond acceptors (Lipinski definition) is 3. The second-order valence-corrected chi connectivity index (χ2v) is 8.87. The van der Waals surface area contributed by atoms with E-state index in [-0.39, 0.29) is 0 Å². The summed E-state index contributed by atoms with van der Waals surface area (Å²) >= 11 is 0. The summed E-state index contributed by atoms with van der Waals surface area (Å²) in [5, 5.41) is 10.4. The molecular formula is C31H32N2O2. The second kappa shape index (κ2) is 12.7. The van der Waals surface area contributed by atoms with Crippen molar-refractivity contribution in [1.29, 1.82) is 0 Å². The molecule has 35 heavy (non-hydrogen) atoms. The van der Waals surface area contributed by atoms with Crippen molar-refractivity contribution in [3.05, 3.63) is 144 Å². The Bertz CT molecular complexity index is 1070. The highest BCUT2D eigenvalue weighted by Gasteiger charge is 2.28. The molecule has 0 fully saturated rings. The highest BCUT2D eigenvalue weighted by molar-refractivity contribution is 5.73. The van der Waals surface area contributed by atoms with Crippen LogP contribution in [0.15, 0.2) is 121 Å². The zero-order valence-corrected chi connectivity index (χ0v) is 19.9. The van der Waals surface area contributed by atoms with E-state index in [1.807, 2.05) is 72.8 Å². The molecule has 0 saturated heterocycles. The number of carboxylic acids is 1. The summed E-state index contributed by atoms with van der Waals surface area (Å²) < 4.78 is 0. The average molecular weight is 465 g/mol. The van der Waals surface area contributed by atoms with Crippen molar-refractivity contribution in [1.82, 2.24) is 9.80 Å². The van der Waals surface area contributed by atoms with E-state index >= 15 is 0 Å². The van der Waals surface area contributed by atoms with Crippen LogP contribution in [-0.4, -0.2) is 33.5 Å². The van der Waals surface area contributed by atoms with Crippen LogP contribution in [0, 0.1) is 0 Å². The standard InChI is InChI=1S/C31H32N2O2/c34-31(35)30(33(23-28-17-9-3-10-18-28)24-29-19-11-4-12-20-29)25-32(21-26-13-5-1-6-14-26)22-27-15-7-2-8-16-27/h1-20,30H,21-25H2,(H,34,35). The van der Waals surface area contributed by atoms with Gasteiger partial charge >= 0.3 is 5.97 Å². The van der Waals surface area contributed by atoms with E-state index in [1.54, 1.807) is 0 Å². The third kappa shape index (κ3) is 7.64. The van der Waals surface area contributed by atoms with Gasteiger partial charge in [-0.05, 0) is 22.3 Å². The van der Waals surface area contributed by atoms with E-state index in [4.69, 9.17) is 0 Å². The zero-order chi connectivity index (χ0) is 24.3. The van der Waals surface area contributed by atoms with Gasteiger partial charge in [-0.25, -0.2) is 0 Å². The van der Waals surface area contributed by atoms with Gasteiger partial charge in [0.05, 0.1) is 0 Å². The van der Waals surface area contributed by atoms with Gasteiger partial charge in [0.1, 0.15) is 6.04 Å². The van der Waals surface area contributed by atoms with Gasteiger partial charge in [0, 0.05) is 32.7 Å². The molecule has 4 nitrogen and oxygen atoms in total. The molecule has 0 spiro atoms. The monoisotopic (exact) mass is 464 g/mol. The van der Waals surface area contributed by atoms with E-state index in [9.17, 15) is 9.90 Å². The van der Waals surface area contributed by atoms with Crippen LogP contribution in [0.25, 0.3) is 0 Å². The fourth-order valence-electron chi connectivity index (χ4n) is 4.37. The Hall–Kier alpha value is -3.73. The van der Waals surface area contributed by atoms with Crippen molar-refractivity contribution < 1.29 is 9.90 Å². The Morgan fingerprint density at radius 1 is 0.543 bits per heavy atom. The first-order valence-corrected chi connectivity index (χ1v) is 12.0. The molecule has 0 aliphatic carbocycles. The molecule has 4 aromatic rings. The van der Waals surface area contributed by atoms with Crippen LogP contribution in [0.1, 0.15) is 22.3 Å². The van der Waals surface area contributed by atoms with Crippen LogP contribution in [-0.2, 0) is 31.0 Å². The quantitative estimate of drug-likeness (QED) is 0.286. The van der Waals surface area contributed by atoms with E-state index in [2.05, 4.69) is 58.3 Å². The molecule has 1 N–H and O–H groups in total. The van der Waals surface area contributed by atoms with E-state index in [1.165, 1.54) is 11.1 Å². The van der Waals surface area contributed by atoms with Gasteiger partial charge in [0.15, 0.2) is 0 Å². The largest absolute Gasteiger partial charge is 0.480 e. The Morgan fingerprint density at radius 2 is 0.857 bits per heavy atom. The van der Waals surface area contributed by atoms with Crippen LogP contribution in [0.2, 0.25) is 0 Å². The SMILES string of the molecule is O=C(O)C(CN(Cc1ccccc1)Cc1ccccc1)N(Cc1ccccc1)Cc1ccccc1. The van der Waals surface area contributed by atoms with Crippen molar-refractivity contribution in [3.63, 3.8) is 0 Å². The van der Waals surface area contributed by atoms with Gasteiger partial charge in [0.2, 0.25) is 0 Å². The molecule has 0 aromatic heterocycles. The fourth-order valence-corrected chi connectivity index (χ4v) is 4.37. The molecule has 0 saturated carbocycles. The Morgan fingerprint density at radius 3 is 1.17 bits per heavy atom. The first-order valence-electron chi connectivity index (χ1n) is 12.0. The normalized spacial score (nSPS) is 12.1. The number of aliphatic carboxylic acids is 1. The maximum Gasteiger partial charge on any atom is 0.322 e. The minimum Gasteiger partial charge on any atom is -0.480 e. The van der Waals surface area contributed by atoms with E-state index in [0.717, 1.165) is 11.1 Å². The second-order valence-electron chi connectivity index (χ2n) is 8.87. The zero-order valence-electron chi connectivity index (χ0n) is 19.9. The van der Waals surface area contributed by atoms with Crippen LogP contribution in [0.3, 0.4) is 0 Å². The van der Waals surface area contributed by atoms with Gasteiger partial charge in [-0.1, -0.05) is 121 Å². The van der Waals surface area contributed by atoms with Crippen LogP contribution < -0.4 is 0 Å². The van der Waals surface area contributed by atoms with Crippen molar-refractivity contribution in [2.45, 2.75) is 32.2 Å². The van der Waals surface area contributed by atoms with Crippen molar-refractivity contribution >= 4 is 5.97 Å². The van der Waals surface area contributed by atoms with Crippen LogP contribution >= 0.6 is 0 Å². The first kappa shape index (κ1) is 24.4. The number of hydrogen-bond donors (Lipinski definition) is 1. The number of carboxylic acid groups (broad SMARTS) is 1. The van der Waals surface area contributed by atoms with Crippen LogP contribution in [0.4, 0.5) is 0 Å². The van der Waals surface area contributed by atoms with Crippen molar-refractivity contribution in [2.24, 2.45) is 0 Å². The molecule has 0 bridgehead atoms. The highest BCUT2D eigenvalue weighted by Crippen LogP contribution is 2.18. The molecule has 0 amide bonds. The highest BCUT2D eigenvalue weighted by atomic mass is 16.4. The predicted molar refractivity (Wildman–Crippen MR) is 141 cm³/mol. The first-order chi connectivity index (χ1) is 17.2. The summed E-state index contributed by atoms with van der Waals surface area (Å²) in [4.78, 5) is 17.0. The number of benzene rings is 4. The van der Waals surface area contributed by atoms with Gasteiger partial charge in [-0.3, -0.25) is 14.6 Å². The Kier molecular flexibility index (Phi) is 8.82. The molecule has 0 aliphatic heterocycles. The van der Waals surface area contributed by atoms with E-state index in [0.29, 0.717) is 32.7 Å². The minimum absolute atomic E-state index is 0.415. The summed E-state index contributed by atoms with van der Waals surface area (Å²) in [7, 11) is 0. The Balaban J connectivity index is 1.61. The maximum absolute atomic E-state index is 12.7. The fraction of sp³-hybridized carbons (Fsp3) is 0.194. The van der Waals surface area contributed by atoms with E-state index < -0.39 is 12.0 Å². The molecule has 4 heteroatoms. The summed E-state index contributed by atoms with van der Waals surface area (Å²) in [5.74, 6) is -0.803. The van der Waals surface area contributed by atoms with Crippen LogP contribution in [0.5, 0.6) is 0 Å². The smallest absolute Gasteiger partial charge is 0.322 e. The van der Waals surface area contributed by atoms with Crippen molar-refractivity contribution in [2.75, 3.05) is 6.54 Å². The molecule has 4 aromatic carbocycles. The lowest BCUT2D eigenvalue weighted by molar-refractivity contribution is -0.144. The molecular weight excluding hydrogens is 432 g/mol. The summed E-state index contributed by atoms with van der Waals surface area (Å²) in [5.41, 5.74) is 4.55. The minimum atomic E-state index is -0.803. The molecule has 0 radical (unpaired) electrons. The summed E-state index contributed by atoms with van der Waals surface area (Å²) in [6.07, 6.45) is 0. The molecule has 0 heterocycles. The van der Waals surface area contributed by atoms with Gasteiger partial charge < -0.3 is 5.11 Å².